The molecule has 0 N–H and O–H groups in total. The van der Waals surface area contributed by atoms with Gasteiger partial charge in [-0.15, -0.1) is 0 Å². The lowest BCUT2D eigenvalue weighted by molar-refractivity contribution is 0.340. The van der Waals surface area contributed by atoms with Crippen molar-refractivity contribution in [3.05, 3.63) is 35.9 Å². The number of amidine groups is 1. The third-order valence-electron chi connectivity index (χ3n) is 2.56. The van der Waals surface area contributed by atoms with Crippen LogP contribution in [0.1, 0.15) is 26.3 Å². The molecule has 0 saturated heterocycles. The Bertz CT molecular complexity index is 315. The molecule has 82 valence electrons. The van der Waals surface area contributed by atoms with Crippen molar-refractivity contribution in [1.82, 2.24) is 4.90 Å². The standard InChI is InChI=1S/C13H20N2/c1-11(2)15(12(3)14-4)10-13-8-6-5-7-9-13/h5-9,11H,10H2,1-4H3. The monoisotopic (exact) mass is 204 g/mol. The van der Waals surface area contributed by atoms with Crippen molar-refractivity contribution in [3.8, 4) is 0 Å². The van der Waals surface area contributed by atoms with E-state index >= 15 is 0 Å². The van der Waals surface area contributed by atoms with Crippen LogP contribution in [-0.4, -0.2) is 23.8 Å². The van der Waals surface area contributed by atoms with Gasteiger partial charge in [-0.3, -0.25) is 4.99 Å². The molecule has 1 aromatic rings. The minimum Gasteiger partial charge on any atom is -0.354 e. The molecule has 0 aliphatic carbocycles. The van der Waals surface area contributed by atoms with Crippen molar-refractivity contribution in [1.29, 1.82) is 0 Å². The number of rotatable bonds is 3. The smallest absolute Gasteiger partial charge is 0.0959 e. The van der Waals surface area contributed by atoms with Crippen LogP contribution in [0.25, 0.3) is 0 Å². The van der Waals surface area contributed by atoms with Crippen LogP contribution in [0.15, 0.2) is 35.3 Å². The summed E-state index contributed by atoms with van der Waals surface area (Å²) in [6.45, 7) is 7.37. The Kier molecular flexibility index (Phi) is 4.35. The third kappa shape index (κ3) is 3.39. The molecular formula is C13H20N2. The Hall–Kier alpha value is -1.31. The molecule has 1 rings (SSSR count). The molecule has 0 fully saturated rings. The highest BCUT2D eigenvalue weighted by molar-refractivity contribution is 5.79. The Morgan fingerprint density at radius 3 is 2.33 bits per heavy atom. The largest absolute Gasteiger partial charge is 0.354 e. The molecule has 0 atom stereocenters. The Morgan fingerprint density at radius 1 is 1.27 bits per heavy atom. The molecule has 15 heavy (non-hydrogen) atoms. The van der Waals surface area contributed by atoms with Gasteiger partial charge in [0.05, 0.1) is 5.84 Å². The molecule has 0 heterocycles. The predicted octanol–water partition coefficient (Wildman–Crippen LogP) is 2.95. The zero-order valence-corrected chi connectivity index (χ0v) is 10.1. The highest BCUT2D eigenvalue weighted by Crippen LogP contribution is 2.08. The number of hydrogen-bond donors (Lipinski definition) is 0. The molecule has 1 aromatic carbocycles. The predicted molar refractivity (Wildman–Crippen MR) is 66.2 cm³/mol. The Labute approximate surface area is 92.6 Å². The summed E-state index contributed by atoms with van der Waals surface area (Å²) in [5.74, 6) is 1.09. The first-order valence-corrected chi connectivity index (χ1v) is 5.39. The summed E-state index contributed by atoms with van der Waals surface area (Å²) in [4.78, 5) is 6.55. The summed E-state index contributed by atoms with van der Waals surface area (Å²) in [7, 11) is 1.84. The topological polar surface area (TPSA) is 15.6 Å². The quantitative estimate of drug-likeness (QED) is 0.546. The molecule has 2 nitrogen and oxygen atoms in total. The first kappa shape index (κ1) is 11.8. The summed E-state index contributed by atoms with van der Waals surface area (Å²) in [5, 5.41) is 0. The van der Waals surface area contributed by atoms with Gasteiger partial charge in [-0.2, -0.15) is 0 Å². The number of hydrogen-bond acceptors (Lipinski definition) is 1. The van der Waals surface area contributed by atoms with Gasteiger partial charge in [0.1, 0.15) is 0 Å². The molecular weight excluding hydrogens is 184 g/mol. The second-order valence-corrected chi connectivity index (χ2v) is 3.98. The second-order valence-electron chi connectivity index (χ2n) is 3.98. The van der Waals surface area contributed by atoms with Crippen LogP contribution < -0.4 is 0 Å². The van der Waals surface area contributed by atoms with Crippen molar-refractivity contribution in [2.24, 2.45) is 4.99 Å². The van der Waals surface area contributed by atoms with E-state index in [0.29, 0.717) is 6.04 Å². The van der Waals surface area contributed by atoms with E-state index in [0.717, 1.165) is 12.4 Å². The van der Waals surface area contributed by atoms with Crippen LogP contribution in [-0.2, 0) is 6.54 Å². The van der Waals surface area contributed by atoms with E-state index in [1.165, 1.54) is 5.56 Å². The first-order valence-electron chi connectivity index (χ1n) is 5.39. The normalized spacial score (nSPS) is 11.9. The van der Waals surface area contributed by atoms with Crippen LogP contribution in [0.3, 0.4) is 0 Å². The zero-order chi connectivity index (χ0) is 11.3. The highest BCUT2D eigenvalue weighted by atomic mass is 15.2. The summed E-state index contributed by atoms with van der Waals surface area (Å²) in [6, 6.07) is 11.0. The van der Waals surface area contributed by atoms with Crippen molar-refractivity contribution < 1.29 is 0 Å². The summed E-state index contributed by atoms with van der Waals surface area (Å²) < 4.78 is 0. The lowest BCUT2D eigenvalue weighted by Gasteiger charge is -2.28. The SMILES string of the molecule is CN=C(C)N(Cc1ccccc1)C(C)C. The van der Waals surface area contributed by atoms with Crippen LogP contribution in [0.2, 0.25) is 0 Å². The van der Waals surface area contributed by atoms with E-state index in [1.54, 1.807) is 0 Å². The minimum atomic E-state index is 0.480. The van der Waals surface area contributed by atoms with Crippen molar-refractivity contribution >= 4 is 5.84 Å². The summed E-state index contributed by atoms with van der Waals surface area (Å²) >= 11 is 0. The van der Waals surface area contributed by atoms with Gasteiger partial charge in [-0.05, 0) is 26.3 Å². The zero-order valence-electron chi connectivity index (χ0n) is 10.1. The fraction of sp³-hybridized carbons (Fsp3) is 0.462. The van der Waals surface area contributed by atoms with E-state index < -0.39 is 0 Å². The number of benzene rings is 1. The third-order valence-corrected chi connectivity index (χ3v) is 2.56. The van der Waals surface area contributed by atoms with Gasteiger partial charge in [0.15, 0.2) is 0 Å². The maximum atomic E-state index is 4.25. The highest BCUT2D eigenvalue weighted by Gasteiger charge is 2.10. The van der Waals surface area contributed by atoms with Crippen molar-refractivity contribution in [2.75, 3.05) is 7.05 Å². The molecule has 0 spiro atoms. The van der Waals surface area contributed by atoms with Gasteiger partial charge >= 0.3 is 0 Å². The minimum absolute atomic E-state index is 0.480. The molecule has 0 saturated carbocycles. The molecule has 0 unspecified atom stereocenters. The average molecular weight is 204 g/mol. The molecule has 0 amide bonds. The van der Waals surface area contributed by atoms with E-state index in [1.807, 2.05) is 13.1 Å². The maximum Gasteiger partial charge on any atom is 0.0959 e. The maximum absolute atomic E-state index is 4.25. The van der Waals surface area contributed by atoms with E-state index in [9.17, 15) is 0 Å². The molecule has 0 aromatic heterocycles. The fourth-order valence-electron chi connectivity index (χ4n) is 1.58. The van der Waals surface area contributed by atoms with E-state index in [-0.39, 0.29) is 0 Å². The molecule has 0 aliphatic heterocycles. The molecule has 2 heteroatoms. The average Bonchev–Trinajstić information content (AvgIpc) is 2.26. The Morgan fingerprint density at radius 2 is 1.87 bits per heavy atom. The summed E-state index contributed by atoms with van der Waals surface area (Å²) in [6.07, 6.45) is 0. The van der Waals surface area contributed by atoms with Crippen molar-refractivity contribution in [2.45, 2.75) is 33.4 Å². The van der Waals surface area contributed by atoms with Gasteiger partial charge < -0.3 is 4.90 Å². The molecule has 0 radical (unpaired) electrons. The van der Waals surface area contributed by atoms with Gasteiger partial charge in [0.25, 0.3) is 0 Å². The van der Waals surface area contributed by atoms with Gasteiger partial charge in [0, 0.05) is 19.6 Å². The lowest BCUT2D eigenvalue weighted by Crippen LogP contribution is -2.34. The summed E-state index contributed by atoms with van der Waals surface area (Å²) in [5.41, 5.74) is 1.33. The van der Waals surface area contributed by atoms with Gasteiger partial charge in [0.2, 0.25) is 0 Å². The van der Waals surface area contributed by atoms with Gasteiger partial charge in [-0.1, -0.05) is 30.3 Å². The van der Waals surface area contributed by atoms with Gasteiger partial charge in [-0.25, -0.2) is 0 Å². The van der Waals surface area contributed by atoms with Crippen LogP contribution in [0.5, 0.6) is 0 Å². The lowest BCUT2D eigenvalue weighted by atomic mass is 10.2. The van der Waals surface area contributed by atoms with Crippen LogP contribution in [0.4, 0.5) is 0 Å². The molecule has 0 aliphatic rings. The van der Waals surface area contributed by atoms with E-state index in [4.69, 9.17) is 0 Å². The first-order chi connectivity index (χ1) is 7.15. The van der Waals surface area contributed by atoms with Crippen LogP contribution >= 0.6 is 0 Å². The van der Waals surface area contributed by atoms with Crippen molar-refractivity contribution in [3.63, 3.8) is 0 Å². The fourth-order valence-corrected chi connectivity index (χ4v) is 1.58. The van der Waals surface area contributed by atoms with Crippen LogP contribution in [0, 0.1) is 0 Å². The van der Waals surface area contributed by atoms with E-state index in [2.05, 4.69) is 54.9 Å². The second kappa shape index (κ2) is 5.54. The Balaban J connectivity index is 2.76. The number of aliphatic imine (C=N–C) groups is 1. The number of nitrogens with zero attached hydrogens (tertiary/aromatic N) is 2. The molecule has 0 bridgehead atoms.